The fourth-order valence-electron chi connectivity index (χ4n) is 2.81. The maximum atomic E-state index is 13.7. The van der Waals surface area contributed by atoms with Gasteiger partial charge in [-0.25, -0.2) is 8.78 Å². The van der Waals surface area contributed by atoms with Crippen molar-refractivity contribution in [3.63, 3.8) is 0 Å². The quantitative estimate of drug-likeness (QED) is 0.469. The SMILES string of the molecule is C=CCOc1c(/C=C2\SC(=O)N(CC(=O)Nc3ccc(F)cc3F)C2=O)cccc1OC. The van der Waals surface area contributed by atoms with Crippen LogP contribution in [0.4, 0.5) is 19.3 Å². The zero-order valence-electron chi connectivity index (χ0n) is 16.9. The lowest BCUT2D eigenvalue weighted by Gasteiger charge is -2.13. The van der Waals surface area contributed by atoms with Gasteiger partial charge in [0.2, 0.25) is 5.91 Å². The number of carbonyl (C=O) groups excluding carboxylic acids is 3. The van der Waals surface area contributed by atoms with Gasteiger partial charge < -0.3 is 14.8 Å². The minimum Gasteiger partial charge on any atom is -0.493 e. The molecule has 0 radical (unpaired) electrons. The molecule has 3 rings (SSSR count). The molecule has 0 aromatic heterocycles. The molecule has 3 amide bonds. The van der Waals surface area contributed by atoms with E-state index in [9.17, 15) is 23.2 Å². The van der Waals surface area contributed by atoms with Gasteiger partial charge in [0.05, 0.1) is 17.7 Å². The Labute approximate surface area is 186 Å². The van der Waals surface area contributed by atoms with Crippen LogP contribution in [-0.2, 0) is 9.59 Å². The van der Waals surface area contributed by atoms with E-state index >= 15 is 0 Å². The van der Waals surface area contributed by atoms with Crippen molar-refractivity contribution in [2.24, 2.45) is 0 Å². The highest BCUT2D eigenvalue weighted by molar-refractivity contribution is 8.18. The summed E-state index contributed by atoms with van der Waals surface area (Å²) in [6.07, 6.45) is 3.01. The fraction of sp³-hybridized carbons (Fsp3) is 0.136. The molecule has 0 spiro atoms. The molecule has 1 aliphatic heterocycles. The number of nitrogens with one attached hydrogen (secondary N) is 1. The Morgan fingerprint density at radius 2 is 2.03 bits per heavy atom. The third kappa shape index (κ3) is 5.14. The average Bonchev–Trinajstić information content (AvgIpc) is 3.02. The molecule has 1 N–H and O–H groups in total. The number of carbonyl (C=O) groups is 3. The maximum absolute atomic E-state index is 13.7. The molecule has 1 aliphatic rings. The van der Waals surface area contributed by atoms with Crippen LogP contribution in [0.25, 0.3) is 6.08 Å². The summed E-state index contributed by atoms with van der Waals surface area (Å²) in [7, 11) is 1.47. The molecule has 0 saturated carbocycles. The normalized spacial score (nSPS) is 14.6. The van der Waals surface area contributed by atoms with Gasteiger partial charge in [-0.2, -0.15) is 0 Å². The van der Waals surface area contributed by atoms with Gasteiger partial charge in [-0.05, 0) is 36.0 Å². The number of imide groups is 1. The number of halogens is 2. The van der Waals surface area contributed by atoms with Crippen LogP contribution in [0.2, 0.25) is 0 Å². The Balaban J connectivity index is 1.78. The van der Waals surface area contributed by atoms with Crippen LogP contribution in [0, 0.1) is 11.6 Å². The van der Waals surface area contributed by atoms with Gasteiger partial charge in [-0.3, -0.25) is 19.3 Å². The van der Waals surface area contributed by atoms with Crippen LogP contribution in [-0.4, -0.2) is 42.2 Å². The third-order valence-electron chi connectivity index (χ3n) is 4.24. The summed E-state index contributed by atoms with van der Waals surface area (Å²) in [6.45, 7) is 3.16. The first-order valence-electron chi connectivity index (χ1n) is 9.25. The van der Waals surface area contributed by atoms with Crippen molar-refractivity contribution in [3.8, 4) is 11.5 Å². The van der Waals surface area contributed by atoms with Gasteiger partial charge >= 0.3 is 0 Å². The van der Waals surface area contributed by atoms with Gasteiger partial charge in [-0.15, -0.1) is 0 Å². The number of methoxy groups -OCH3 is 1. The highest BCUT2D eigenvalue weighted by atomic mass is 32.2. The van der Waals surface area contributed by atoms with Crippen LogP contribution in [0.15, 0.2) is 54.0 Å². The first-order chi connectivity index (χ1) is 15.3. The Kier molecular flexibility index (Phi) is 7.26. The minimum absolute atomic E-state index is 0.0764. The summed E-state index contributed by atoms with van der Waals surface area (Å²) in [6, 6.07) is 7.68. The zero-order valence-corrected chi connectivity index (χ0v) is 17.7. The second-order valence-electron chi connectivity index (χ2n) is 6.42. The van der Waals surface area contributed by atoms with Crippen LogP contribution in [0.5, 0.6) is 11.5 Å². The highest BCUT2D eigenvalue weighted by Crippen LogP contribution is 2.37. The van der Waals surface area contributed by atoms with Crippen molar-refractivity contribution in [3.05, 3.63) is 71.2 Å². The molecule has 1 saturated heterocycles. The minimum atomic E-state index is -0.975. The number of benzene rings is 2. The van der Waals surface area contributed by atoms with E-state index in [4.69, 9.17) is 9.47 Å². The van der Waals surface area contributed by atoms with Gasteiger partial charge in [0, 0.05) is 11.6 Å². The van der Waals surface area contributed by atoms with Crippen LogP contribution in [0.3, 0.4) is 0 Å². The van der Waals surface area contributed by atoms with Crippen molar-refractivity contribution in [1.29, 1.82) is 0 Å². The predicted octanol–water partition coefficient (Wildman–Crippen LogP) is 4.21. The Bertz CT molecular complexity index is 1120. The molecule has 7 nitrogen and oxygen atoms in total. The number of thioether (sulfide) groups is 1. The number of anilines is 1. The Morgan fingerprint density at radius 3 is 2.72 bits per heavy atom. The van der Waals surface area contributed by atoms with Crippen LogP contribution < -0.4 is 14.8 Å². The first-order valence-corrected chi connectivity index (χ1v) is 10.1. The third-order valence-corrected chi connectivity index (χ3v) is 5.15. The highest BCUT2D eigenvalue weighted by Gasteiger charge is 2.36. The molecule has 166 valence electrons. The number of amides is 3. The summed E-state index contributed by atoms with van der Waals surface area (Å²) in [5.74, 6) is -2.47. The summed E-state index contributed by atoms with van der Waals surface area (Å²) in [4.78, 5) is 38.1. The maximum Gasteiger partial charge on any atom is 0.294 e. The van der Waals surface area contributed by atoms with Crippen molar-refractivity contribution < 1.29 is 32.6 Å². The summed E-state index contributed by atoms with van der Waals surface area (Å²) >= 11 is 0.654. The molecule has 0 aliphatic carbocycles. The number of para-hydroxylation sites is 1. The fourth-order valence-corrected chi connectivity index (χ4v) is 3.63. The number of hydrogen-bond acceptors (Lipinski definition) is 6. The second kappa shape index (κ2) is 10.1. The molecule has 0 atom stereocenters. The van der Waals surface area contributed by atoms with E-state index in [2.05, 4.69) is 11.9 Å². The summed E-state index contributed by atoms with van der Waals surface area (Å²) < 4.78 is 37.6. The molecular formula is C22H18F2N2O5S. The van der Waals surface area contributed by atoms with E-state index in [1.807, 2.05) is 0 Å². The molecule has 1 fully saturated rings. The average molecular weight is 460 g/mol. The van der Waals surface area contributed by atoms with E-state index in [-0.39, 0.29) is 17.2 Å². The molecular weight excluding hydrogens is 442 g/mol. The van der Waals surface area contributed by atoms with E-state index in [1.165, 1.54) is 13.2 Å². The van der Waals surface area contributed by atoms with E-state index in [0.29, 0.717) is 34.9 Å². The number of ether oxygens (including phenoxy) is 2. The predicted molar refractivity (Wildman–Crippen MR) is 116 cm³/mol. The standard InChI is InChI=1S/C22H18F2N2O5S/c1-3-9-31-20-13(5-4-6-17(20)30-2)10-18-21(28)26(22(29)32-18)12-19(27)25-16-8-7-14(23)11-15(16)24/h3-8,10-11H,1,9,12H2,2H3,(H,25,27)/b18-10-. The van der Waals surface area contributed by atoms with Gasteiger partial charge in [0.15, 0.2) is 11.5 Å². The molecule has 1 heterocycles. The van der Waals surface area contributed by atoms with Crippen molar-refractivity contribution in [2.75, 3.05) is 25.6 Å². The Morgan fingerprint density at radius 1 is 1.25 bits per heavy atom. The number of rotatable bonds is 8. The van der Waals surface area contributed by atoms with E-state index in [1.54, 1.807) is 24.3 Å². The lowest BCUT2D eigenvalue weighted by atomic mass is 10.1. The summed E-state index contributed by atoms with van der Waals surface area (Å²) in [5.41, 5.74) is 0.230. The summed E-state index contributed by atoms with van der Waals surface area (Å²) in [5, 5.41) is 1.56. The molecule has 2 aromatic carbocycles. The lowest BCUT2D eigenvalue weighted by Crippen LogP contribution is -2.36. The first kappa shape index (κ1) is 23.0. The molecule has 0 unspecified atom stereocenters. The van der Waals surface area contributed by atoms with E-state index in [0.717, 1.165) is 17.0 Å². The zero-order chi connectivity index (χ0) is 23.3. The van der Waals surface area contributed by atoms with Crippen molar-refractivity contribution >= 4 is 40.6 Å². The Hall–Kier alpha value is -3.66. The van der Waals surface area contributed by atoms with Gasteiger partial charge in [-0.1, -0.05) is 24.8 Å². The van der Waals surface area contributed by atoms with Crippen LogP contribution in [0.1, 0.15) is 5.56 Å². The topological polar surface area (TPSA) is 84.9 Å². The molecule has 2 aromatic rings. The van der Waals surface area contributed by atoms with Crippen molar-refractivity contribution in [1.82, 2.24) is 4.90 Å². The largest absolute Gasteiger partial charge is 0.493 e. The van der Waals surface area contributed by atoms with Gasteiger partial charge in [0.25, 0.3) is 11.1 Å². The van der Waals surface area contributed by atoms with E-state index < -0.39 is 35.2 Å². The van der Waals surface area contributed by atoms with Crippen molar-refractivity contribution in [2.45, 2.75) is 0 Å². The monoisotopic (exact) mass is 460 g/mol. The smallest absolute Gasteiger partial charge is 0.294 e. The van der Waals surface area contributed by atoms with Gasteiger partial charge in [0.1, 0.15) is 24.8 Å². The lowest BCUT2D eigenvalue weighted by molar-refractivity contribution is -0.127. The molecule has 10 heteroatoms. The molecule has 32 heavy (non-hydrogen) atoms. The van der Waals surface area contributed by atoms with Crippen LogP contribution >= 0.6 is 11.8 Å². The number of nitrogens with zero attached hydrogens (tertiary/aromatic N) is 1. The second-order valence-corrected chi connectivity index (χ2v) is 7.41. The number of hydrogen-bond donors (Lipinski definition) is 1. The molecule has 0 bridgehead atoms.